The van der Waals surface area contributed by atoms with E-state index in [2.05, 4.69) is 4.98 Å². The topological polar surface area (TPSA) is 82.7 Å². The van der Waals surface area contributed by atoms with Crippen LogP contribution in [0, 0.1) is 5.41 Å². The molecule has 0 atom stereocenters. The smallest absolute Gasteiger partial charge is 0.251 e. The van der Waals surface area contributed by atoms with Crippen LogP contribution in [0.15, 0.2) is 23.9 Å². The number of nitrogens with two attached hydrogens (primary N) is 1. The molecule has 0 aromatic carbocycles. The lowest BCUT2D eigenvalue weighted by atomic mass is 10.2. The lowest BCUT2D eigenvalue weighted by Gasteiger charge is -1.98. The zero-order valence-electron chi connectivity index (χ0n) is 6.67. The third-order valence-electron chi connectivity index (χ3n) is 1.48. The van der Waals surface area contributed by atoms with Crippen LogP contribution in [0.3, 0.4) is 0 Å². The molecule has 13 heavy (non-hydrogen) atoms. The second-order valence-electron chi connectivity index (χ2n) is 2.32. The fourth-order valence-electron chi connectivity index (χ4n) is 0.855. The Balaban J connectivity index is 3.16. The van der Waals surface area contributed by atoms with Gasteiger partial charge in [-0.25, -0.2) is 0 Å². The molecule has 5 heteroatoms. The summed E-state index contributed by atoms with van der Waals surface area (Å²) < 4.78 is 0. The van der Waals surface area contributed by atoms with Crippen molar-refractivity contribution >= 4 is 28.8 Å². The second kappa shape index (κ2) is 3.91. The Bertz CT molecular complexity index is 353. The minimum Gasteiger partial charge on any atom is -0.366 e. The molecular formula is C8H8ClN3O. The second-order valence-corrected chi connectivity index (χ2v) is 2.70. The molecule has 4 nitrogen and oxygen atoms in total. The van der Waals surface area contributed by atoms with Gasteiger partial charge in [-0.3, -0.25) is 4.79 Å². The van der Waals surface area contributed by atoms with Crippen LogP contribution < -0.4 is 5.73 Å². The first-order valence-electron chi connectivity index (χ1n) is 3.50. The number of rotatable bonds is 3. The summed E-state index contributed by atoms with van der Waals surface area (Å²) in [5.74, 6) is -0.713. The summed E-state index contributed by atoms with van der Waals surface area (Å²) in [5.41, 5.74) is 5.57. The number of halogens is 1. The molecule has 0 aliphatic carbocycles. The van der Waals surface area contributed by atoms with Crippen molar-refractivity contribution in [3.8, 4) is 0 Å². The van der Waals surface area contributed by atoms with Crippen molar-refractivity contribution in [2.45, 2.75) is 0 Å². The van der Waals surface area contributed by atoms with Gasteiger partial charge in [0.05, 0.1) is 16.3 Å². The minimum atomic E-state index is -0.713. The lowest BCUT2D eigenvalue weighted by Crippen LogP contribution is -2.15. The monoisotopic (exact) mass is 197 g/mol. The van der Waals surface area contributed by atoms with Crippen molar-refractivity contribution in [3.05, 3.63) is 29.6 Å². The van der Waals surface area contributed by atoms with Crippen molar-refractivity contribution in [2.24, 2.45) is 5.73 Å². The molecule has 0 radical (unpaired) electrons. The summed E-state index contributed by atoms with van der Waals surface area (Å²) in [6, 6.07) is 3.43. The third-order valence-corrected chi connectivity index (χ3v) is 1.89. The fraction of sp³-hybridized carbons (Fsp3) is 0. The van der Waals surface area contributed by atoms with Crippen LogP contribution in [0.4, 0.5) is 0 Å². The van der Waals surface area contributed by atoms with E-state index in [-0.39, 0.29) is 10.6 Å². The SMILES string of the molecule is N=C/C(C(N)=O)=C(/Cl)c1ccc[nH]1. The largest absolute Gasteiger partial charge is 0.366 e. The summed E-state index contributed by atoms with van der Waals surface area (Å²) in [5, 5.41) is 7.10. The minimum absolute atomic E-state index is 0.0101. The number of H-pyrrole nitrogens is 1. The molecule has 0 bridgehead atoms. The molecule has 0 saturated carbocycles. The van der Waals surface area contributed by atoms with Gasteiger partial charge >= 0.3 is 0 Å². The van der Waals surface area contributed by atoms with Gasteiger partial charge in [-0.1, -0.05) is 11.6 Å². The lowest BCUT2D eigenvalue weighted by molar-refractivity contribution is -0.114. The van der Waals surface area contributed by atoms with Crippen molar-refractivity contribution in [1.82, 2.24) is 4.98 Å². The van der Waals surface area contributed by atoms with E-state index in [0.29, 0.717) is 5.69 Å². The summed E-state index contributed by atoms with van der Waals surface area (Å²) in [4.78, 5) is 13.6. The van der Waals surface area contributed by atoms with Crippen LogP contribution in [0.2, 0.25) is 0 Å². The Kier molecular flexibility index (Phi) is 2.87. The Labute approximate surface area is 79.9 Å². The predicted octanol–water partition coefficient (Wildman–Crippen LogP) is 1.10. The van der Waals surface area contributed by atoms with Gasteiger partial charge in [0.15, 0.2) is 0 Å². The van der Waals surface area contributed by atoms with E-state index in [0.717, 1.165) is 6.21 Å². The van der Waals surface area contributed by atoms with E-state index in [1.165, 1.54) is 0 Å². The Morgan fingerprint density at radius 3 is 2.77 bits per heavy atom. The molecule has 0 spiro atoms. The van der Waals surface area contributed by atoms with Crippen LogP contribution in [0.5, 0.6) is 0 Å². The van der Waals surface area contributed by atoms with Crippen molar-refractivity contribution in [3.63, 3.8) is 0 Å². The van der Waals surface area contributed by atoms with E-state index in [1.54, 1.807) is 18.3 Å². The highest BCUT2D eigenvalue weighted by molar-refractivity contribution is 6.52. The molecule has 68 valence electrons. The first-order valence-corrected chi connectivity index (χ1v) is 3.88. The number of aromatic amines is 1. The van der Waals surface area contributed by atoms with Gasteiger partial charge < -0.3 is 16.1 Å². The number of nitrogens with one attached hydrogen (secondary N) is 2. The molecule has 0 saturated heterocycles. The average Bonchev–Trinajstić information content (AvgIpc) is 2.56. The molecule has 1 rings (SSSR count). The highest BCUT2D eigenvalue weighted by Gasteiger charge is 2.10. The van der Waals surface area contributed by atoms with Gasteiger partial charge in [-0.2, -0.15) is 0 Å². The number of carbonyl (C=O) groups is 1. The Hall–Kier alpha value is -1.55. The van der Waals surface area contributed by atoms with Crippen LogP contribution in [-0.4, -0.2) is 17.1 Å². The number of carbonyl (C=O) groups excluding carboxylic acids is 1. The molecule has 0 aliphatic heterocycles. The zero-order valence-corrected chi connectivity index (χ0v) is 7.43. The maximum atomic E-state index is 10.8. The van der Waals surface area contributed by atoms with E-state index < -0.39 is 5.91 Å². The first kappa shape index (κ1) is 9.54. The molecule has 1 aromatic rings. The van der Waals surface area contributed by atoms with Crippen molar-refractivity contribution in [1.29, 1.82) is 5.41 Å². The summed E-state index contributed by atoms with van der Waals surface area (Å²) in [7, 11) is 0. The maximum Gasteiger partial charge on any atom is 0.251 e. The molecule has 0 unspecified atom stereocenters. The Morgan fingerprint density at radius 1 is 1.69 bits per heavy atom. The normalized spacial score (nSPS) is 12.1. The maximum absolute atomic E-state index is 10.8. The van der Waals surface area contributed by atoms with Crippen molar-refractivity contribution < 1.29 is 4.79 Å². The standard InChI is InChI=1S/C8H8ClN3O/c9-7(5(4-10)8(11)13)6-2-1-3-12-6/h1-4,10,12H,(H2,11,13)/b7-5-,10-4?. The summed E-state index contributed by atoms with van der Waals surface area (Å²) >= 11 is 5.81. The van der Waals surface area contributed by atoms with Crippen LogP contribution in [0.1, 0.15) is 5.69 Å². The zero-order chi connectivity index (χ0) is 9.84. The van der Waals surface area contributed by atoms with E-state index in [4.69, 9.17) is 22.7 Å². The molecular weight excluding hydrogens is 190 g/mol. The van der Waals surface area contributed by atoms with E-state index in [9.17, 15) is 4.79 Å². The fourth-order valence-corrected chi connectivity index (χ4v) is 1.12. The van der Waals surface area contributed by atoms with Crippen LogP contribution in [-0.2, 0) is 4.79 Å². The first-order chi connectivity index (χ1) is 6.16. The highest BCUT2D eigenvalue weighted by atomic mass is 35.5. The van der Waals surface area contributed by atoms with Gasteiger partial charge in [0.2, 0.25) is 0 Å². The molecule has 1 amide bonds. The van der Waals surface area contributed by atoms with E-state index in [1.807, 2.05) is 0 Å². The number of hydrogen-bond acceptors (Lipinski definition) is 2. The Morgan fingerprint density at radius 2 is 2.38 bits per heavy atom. The van der Waals surface area contributed by atoms with Gasteiger partial charge in [0.25, 0.3) is 5.91 Å². The molecule has 0 fully saturated rings. The average molecular weight is 198 g/mol. The summed E-state index contributed by atoms with van der Waals surface area (Å²) in [6.07, 6.45) is 2.51. The van der Waals surface area contributed by atoms with E-state index >= 15 is 0 Å². The molecule has 0 aliphatic rings. The van der Waals surface area contributed by atoms with Gasteiger partial charge in [-0.15, -0.1) is 0 Å². The molecule has 1 heterocycles. The van der Waals surface area contributed by atoms with Crippen LogP contribution in [0.25, 0.3) is 5.03 Å². The van der Waals surface area contributed by atoms with Gasteiger partial charge in [0.1, 0.15) is 0 Å². The van der Waals surface area contributed by atoms with Gasteiger partial charge in [0, 0.05) is 12.4 Å². The quantitative estimate of drug-likeness (QED) is 0.492. The number of aromatic nitrogens is 1. The number of hydrogen-bond donors (Lipinski definition) is 3. The number of amides is 1. The van der Waals surface area contributed by atoms with Crippen LogP contribution >= 0.6 is 11.6 Å². The number of primary amides is 1. The molecule has 1 aromatic heterocycles. The van der Waals surface area contributed by atoms with Gasteiger partial charge in [-0.05, 0) is 12.1 Å². The predicted molar refractivity (Wildman–Crippen MR) is 51.5 cm³/mol. The molecule has 4 N–H and O–H groups in total. The third kappa shape index (κ3) is 1.97. The van der Waals surface area contributed by atoms with Crippen molar-refractivity contribution in [2.75, 3.05) is 0 Å². The highest BCUT2D eigenvalue weighted by Crippen LogP contribution is 2.19. The summed E-state index contributed by atoms with van der Waals surface area (Å²) in [6.45, 7) is 0.